The zero-order valence-electron chi connectivity index (χ0n) is 23.9. The van der Waals surface area contributed by atoms with Crippen molar-refractivity contribution in [3.63, 3.8) is 0 Å². The van der Waals surface area contributed by atoms with E-state index in [1.165, 1.54) is 51.4 Å². The lowest BCUT2D eigenvalue weighted by Gasteiger charge is -2.20. The summed E-state index contributed by atoms with van der Waals surface area (Å²) in [6.07, 6.45) is 22.7. The van der Waals surface area contributed by atoms with E-state index < -0.39 is 0 Å². The molecule has 1 fully saturated rings. The van der Waals surface area contributed by atoms with Crippen LogP contribution in [0.3, 0.4) is 0 Å². The second-order valence-corrected chi connectivity index (χ2v) is 11.4. The van der Waals surface area contributed by atoms with Gasteiger partial charge in [0, 0.05) is 25.1 Å². The first-order valence-corrected chi connectivity index (χ1v) is 15.5. The highest BCUT2D eigenvalue weighted by molar-refractivity contribution is 5.81. The van der Waals surface area contributed by atoms with Crippen LogP contribution >= 0.6 is 0 Å². The molecule has 1 aliphatic carbocycles. The van der Waals surface area contributed by atoms with E-state index in [2.05, 4.69) is 29.5 Å². The molecule has 2 rings (SSSR count). The molecule has 0 unspecified atom stereocenters. The summed E-state index contributed by atoms with van der Waals surface area (Å²) in [5.74, 6) is 1.50. The lowest BCUT2D eigenvalue weighted by atomic mass is 9.84. The molecule has 2 atom stereocenters. The van der Waals surface area contributed by atoms with Crippen LogP contribution in [0.1, 0.15) is 141 Å². The van der Waals surface area contributed by atoms with Crippen molar-refractivity contribution in [3.8, 4) is 0 Å². The first-order valence-electron chi connectivity index (χ1n) is 15.5. The number of Topliss-reactive ketones (excluding diaryl/α,β-unsaturated/α-hetero) is 1. The third-order valence-corrected chi connectivity index (χ3v) is 8.08. The van der Waals surface area contributed by atoms with Gasteiger partial charge in [-0.1, -0.05) is 83.3 Å². The summed E-state index contributed by atoms with van der Waals surface area (Å²) >= 11 is 0. The summed E-state index contributed by atoms with van der Waals surface area (Å²) in [7, 11) is 0. The molecule has 0 radical (unpaired) electrons. The van der Waals surface area contributed by atoms with Crippen LogP contribution in [0.5, 0.6) is 0 Å². The summed E-state index contributed by atoms with van der Waals surface area (Å²) < 4.78 is 1.76. The van der Waals surface area contributed by atoms with Crippen molar-refractivity contribution < 1.29 is 9.59 Å². The van der Waals surface area contributed by atoms with Gasteiger partial charge in [0.15, 0.2) is 0 Å². The molecule has 1 aromatic heterocycles. The number of carbonyl (C=O) groups is 2. The van der Waals surface area contributed by atoms with Gasteiger partial charge < -0.3 is 11.1 Å². The summed E-state index contributed by atoms with van der Waals surface area (Å²) in [5.41, 5.74) is 6.63. The van der Waals surface area contributed by atoms with E-state index in [-0.39, 0.29) is 11.9 Å². The Morgan fingerprint density at radius 2 is 1.68 bits per heavy atom. The minimum absolute atomic E-state index is 0.0415. The molecule has 0 saturated heterocycles. The normalized spacial score (nSPS) is 16.0. The number of nitrogens with zero attached hydrogens (tertiary/aromatic N) is 3. The lowest BCUT2D eigenvalue weighted by Crippen LogP contribution is -2.33. The Balaban J connectivity index is 1.55. The summed E-state index contributed by atoms with van der Waals surface area (Å²) in [6, 6.07) is -0.310. The van der Waals surface area contributed by atoms with Gasteiger partial charge in [-0.15, -0.1) is 5.10 Å². The minimum atomic E-state index is -0.310. The first-order chi connectivity index (χ1) is 18.0. The van der Waals surface area contributed by atoms with Crippen molar-refractivity contribution in [2.75, 3.05) is 13.1 Å². The number of ketones is 1. The Kier molecular flexibility index (Phi) is 16.4. The number of nitrogens with two attached hydrogens (primary N) is 1. The lowest BCUT2D eigenvalue weighted by molar-refractivity contribution is -0.125. The Hall–Kier alpha value is -1.76. The Morgan fingerprint density at radius 1 is 1.00 bits per heavy atom. The average molecular weight is 518 g/mol. The number of nitrogens with one attached hydrogen (secondary N) is 1. The maximum atomic E-state index is 13.0. The second-order valence-electron chi connectivity index (χ2n) is 11.4. The highest BCUT2D eigenvalue weighted by Gasteiger charge is 2.22. The van der Waals surface area contributed by atoms with Crippen molar-refractivity contribution in [1.29, 1.82) is 0 Å². The Labute approximate surface area is 226 Å². The van der Waals surface area contributed by atoms with E-state index in [4.69, 9.17) is 5.73 Å². The number of carbonyl (C=O) groups excluding carboxylic acids is 2. The third kappa shape index (κ3) is 13.0. The predicted octanol–water partition coefficient (Wildman–Crippen LogP) is 6.31. The molecule has 1 heterocycles. The summed E-state index contributed by atoms with van der Waals surface area (Å²) in [5, 5.41) is 11.7. The van der Waals surface area contributed by atoms with E-state index >= 15 is 0 Å². The van der Waals surface area contributed by atoms with E-state index in [9.17, 15) is 9.59 Å². The van der Waals surface area contributed by atoms with Gasteiger partial charge in [0.2, 0.25) is 5.91 Å². The van der Waals surface area contributed by atoms with Crippen LogP contribution in [0.15, 0.2) is 6.20 Å². The molecule has 1 aliphatic rings. The molecule has 3 N–H and O–H groups in total. The molecule has 1 aromatic rings. The van der Waals surface area contributed by atoms with Gasteiger partial charge in [-0.25, -0.2) is 4.68 Å². The largest absolute Gasteiger partial charge is 0.354 e. The quantitative estimate of drug-likeness (QED) is 0.186. The number of amides is 1. The number of hydrogen-bond acceptors (Lipinski definition) is 5. The zero-order valence-corrected chi connectivity index (χ0v) is 23.9. The van der Waals surface area contributed by atoms with Crippen LogP contribution in [0.2, 0.25) is 0 Å². The molecule has 1 saturated carbocycles. The minimum Gasteiger partial charge on any atom is -0.354 e. The van der Waals surface area contributed by atoms with E-state index in [1.807, 2.05) is 6.20 Å². The van der Waals surface area contributed by atoms with E-state index in [1.54, 1.807) is 4.68 Å². The molecule has 37 heavy (non-hydrogen) atoms. The van der Waals surface area contributed by atoms with Crippen LogP contribution in [-0.4, -0.2) is 39.8 Å². The summed E-state index contributed by atoms with van der Waals surface area (Å²) in [4.78, 5) is 25.2. The van der Waals surface area contributed by atoms with E-state index in [0.717, 1.165) is 76.3 Å². The SMILES string of the molecule is CC[C@H](C)Cc1cn([C@@H](CCCCN)C(=O)NCCCCCCCCCCC(=O)C2CCCCC2)nn1. The Bertz CT molecular complexity index is 744. The zero-order chi connectivity index (χ0) is 26.7. The molecule has 7 heteroatoms. The predicted molar refractivity (Wildman–Crippen MR) is 151 cm³/mol. The van der Waals surface area contributed by atoms with Crippen LogP contribution in [0, 0.1) is 11.8 Å². The van der Waals surface area contributed by atoms with Gasteiger partial charge in [-0.3, -0.25) is 9.59 Å². The standard InChI is InChI=1S/C30H55N5O2/c1-3-25(2)23-27-24-35(34-33-27)28(19-14-15-21-31)30(37)32-22-16-9-7-5-4-6-8-13-20-29(36)26-17-11-10-12-18-26/h24-26,28H,3-23,31H2,1-2H3,(H,32,37)/t25-,28-/m0/s1. The van der Waals surface area contributed by atoms with Gasteiger partial charge in [0.1, 0.15) is 11.8 Å². The van der Waals surface area contributed by atoms with Crippen molar-refractivity contribution >= 4 is 11.7 Å². The number of rotatable bonds is 21. The van der Waals surface area contributed by atoms with E-state index in [0.29, 0.717) is 30.7 Å². The molecular formula is C30H55N5O2. The number of aromatic nitrogens is 3. The fraction of sp³-hybridized carbons (Fsp3) is 0.867. The fourth-order valence-corrected chi connectivity index (χ4v) is 5.37. The van der Waals surface area contributed by atoms with Crippen molar-refractivity contribution in [2.24, 2.45) is 17.6 Å². The fourth-order valence-electron chi connectivity index (χ4n) is 5.37. The highest BCUT2D eigenvalue weighted by atomic mass is 16.2. The van der Waals surface area contributed by atoms with Gasteiger partial charge in [0.25, 0.3) is 0 Å². The van der Waals surface area contributed by atoms with Gasteiger partial charge in [-0.2, -0.15) is 0 Å². The number of hydrogen-bond donors (Lipinski definition) is 2. The van der Waals surface area contributed by atoms with Gasteiger partial charge in [-0.05, 0) is 63.8 Å². The average Bonchev–Trinajstić information content (AvgIpc) is 3.37. The molecule has 1 amide bonds. The van der Waals surface area contributed by atoms with Crippen LogP contribution in [0.4, 0.5) is 0 Å². The van der Waals surface area contributed by atoms with Gasteiger partial charge >= 0.3 is 0 Å². The first kappa shape index (κ1) is 31.5. The van der Waals surface area contributed by atoms with Crippen molar-refractivity contribution in [3.05, 3.63) is 11.9 Å². The van der Waals surface area contributed by atoms with Crippen molar-refractivity contribution in [2.45, 2.75) is 142 Å². The van der Waals surface area contributed by atoms with Crippen molar-refractivity contribution in [1.82, 2.24) is 20.3 Å². The molecule has 0 bridgehead atoms. The van der Waals surface area contributed by atoms with Crippen LogP contribution in [0.25, 0.3) is 0 Å². The van der Waals surface area contributed by atoms with Gasteiger partial charge in [0.05, 0.1) is 5.69 Å². The molecule has 0 aliphatic heterocycles. The monoisotopic (exact) mass is 517 g/mol. The molecule has 0 spiro atoms. The highest BCUT2D eigenvalue weighted by Crippen LogP contribution is 2.26. The third-order valence-electron chi connectivity index (χ3n) is 8.08. The van der Waals surface area contributed by atoms with Crippen LogP contribution < -0.4 is 11.1 Å². The Morgan fingerprint density at radius 3 is 2.35 bits per heavy atom. The smallest absolute Gasteiger partial charge is 0.244 e. The topological polar surface area (TPSA) is 103 Å². The molecular weight excluding hydrogens is 462 g/mol. The summed E-state index contributed by atoms with van der Waals surface area (Å²) in [6.45, 7) is 5.75. The van der Waals surface area contributed by atoms with Crippen LogP contribution in [-0.2, 0) is 16.0 Å². The molecule has 7 nitrogen and oxygen atoms in total. The molecule has 0 aromatic carbocycles. The maximum absolute atomic E-state index is 13.0. The second kappa shape index (κ2) is 19.3. The number of unbranched alkanes of at least 4 members (excludes halogenated alkanes) is 8. The maximum Gasteiger partial charge on any atom is 0.244 e. The molecule has 212 valence electrons.